The summed E-state index contributed by atoms with van der Waals surface area (Å²) in [5, 5.41) is 0. The van der Waals surface area contributed by atoms with E-state index in [4.69, 9.17) is 23.1 Å². The molecular weight excluding hydrogens is 412 g/mol. The van der Waals surface area contributed by atoms with Gasteiger partial charge in [-0.15, -0.1) is 0 Å². The molecule has 5 atom stereocenters. The van der Waals surface area contributed by atoms with E-state index < -0.39 is 46.8 Å². The normalized spacial score (nSPS) is 29.4. The number of aryl methyl sites for hydroxylation is 1. The highest BCUT2D eigenvalue weighted by molar-refractivity contribution is 7.86. The minimum absolute atomic E-state index is 0.0621. The van der Waals surface area contributed by atoms with Crippen molar-refractivity contribution in [3.8, 4) is 0 Å². The van der Waals surface area contributed by atoms with Gasteiger partial charge in [0.05, 0.1) is 11.5 Å². The van der Waals surface area contributed by atoms with Crippen LogP contribution in [0.25, 0.3) is 0 Å². The first-order valence-electron chi connectivity index (χ1n) is 9.43. The lowest BCUT2D eigenvalue weighted by Gasteiger charge is -2.42. The van der Waals surface area contributed by atoms with Gasteiger partial charge in [-0.25, -0.2) is 4.18 Å². The van der Waals surface area contributed by atoms with Crippen LogP contribution in [-0.4, -0.2) is 52.5 Å². The molecule has 2 aromatic carbocycles. The number of fused-ring (bicyclic) bond motifs is 1. The average molecular weight is 434 g/mol. The van der Waals surface area contributed by atoms with Crippen molar-refractivity contribution >= 4 is 15.9 Å². The van der Waals surface area contributed by atoms with Crippen LogP contribution in [0, 0.1) is 6.92 Å². The Morgan fingerprint density at radius 2 is 1.70 bits per heavy atom. The maximum absolute atomic E-state index is 13.1. The second kappa shape index (κ2) is 8.54. The lowest BCUT2D eigenvalue weighted by Crippen LogP contribution is -2.60. The van der Waals surface area contributed by atoms with Gasteiger partial charge in [0.25, 0.3) is 10.1 Å². The average Bonchev–Trinajstić information content (AvgIpc) is 2.76. The fourth-order valence-electron chi connectivity index (χ4n) is 3.38. The molecule has 4 rings (SSSR count). The molecule has 0 aromatic heterocycles. The van der Waals surface area contributed by atoms with Crippen LogP contribution in [0.15, 0.2) is 59.5 Å². The molecule has 2 fully saturated rings. The van der Waals surface area contributed by atoms with Crippen molar-refractivity contribution in [3.63, 3.8) is 0 Å². The Hall–Kier alpha value is -2.14. The van der Waals surface area contributed by atoms with Gasteiger partial charge < -0.3 is 18.9 Å². The Labute approximate surface area is 174 Å². The van der Waals surface area contributed by atoms with Crippen molar-refractivity contribution in [1.82, 2.24) is 0 Å². The number of benzene rings is 2. The van der Waals surface area contributed by atoms with Gasteiger partial charge in [0, 0.05) is 12.7 Å². The Morgan fingerprint density at radius 3 is 2.37 bits per heavy atom. The van der Waals surface area contributed by atoms with Crippen molar-refractivity contribution in [2.45, 2.75) is 42.7 Å². The highest BCUT2D eigenvalue weighted by Crippen LogP contribution is 2.34. The molecule has 2 aliphatic heterocycles. The molecule has 2 aliphatic rings. The van der Waals surface area contributed by atoms with Crippen molar-refractivity contribution < 1.29 is 36.3 Å². The zero-order valence-corrected chi connectivity index (χ0v) is 17.3. The van der Waals surface area contributed by atoms with Crippen LogP contribution in [0.5, 0.6) is 0 Å². The standard InChI is InChI=1S/C21H22O8S/c1-13-8-10-15(11-9-13)30(23,24)29-19-17(22)18-16(27-21(19)25-2)12-26-20(28-18)14-6-4-3-5-7-14/h3-11,16,18-21H,12H2,1-2H3/t16-,18+,19+,20+,21+/m1/s1. The Bertz CT molecular complexity index is 989. The molecule has 30 heavy (non-hydrogen) atoms. The molecule has 0 bridgehead atoms. The van der Waals surface area contributed by atoms with Gasteiger partial charge in [-0.3, -0.25) is 4.79 Å². The minimum Gasteiger partial charge on any atom is -0.353 e. The molecule has 0 aliphatic carbocycles. The van der Waals surface area contributed by atoms with Gasteiger partial charge >= 0.3 is 0 Å². The monoisotopic (exact) mass is 434 g/mol. The molecule has 0 radical (unpaired) electrons. The zero-order chi connectivity index (χ0) is 21.3. The van der Waals surface area contributed by atoms with Gasteiger partial charge in [-0.2, -0.15) is 8.42 Å². The number of Topliss-reactive ketones (excluding diaryl/α,β-unsaturated/α-hetero) is 1. The molecule has 2 saturated heterocycles. The van der Waals surface area contributed by atoms with Crippen LogP contribution >= 0.6 is 0 Å². The van der Waals surface area contributed by atoms with Crippen LogP contribution in [0.3, 0.4) is 0 Å². The first-order valence-corrected chi connectivity index (χ1v) is 10.8. The number of methoxy groups -OCH3 is 1. The van der Waals surface area contributed by atoms with Crippen LogP contribution in [-0.2, 0) is 38.0 Å². The summed E-state index contributed by atoms with van der Waals surface area (Å²) >= 11 is 0. The summed E-state index contributed by atoms with van der Waals surface area (Å²) in [6.45, 7) is 1.93. The highest BCUT2D eigenvalue weighted by atomic mass is 32.2. The SMILES string of the molecule is CO[C@H]1O[C@@H]2CO[C@H](c3ccccc3)O[C@@H]2C(=O)[C@@H]1OS(=O)(=O)c1ccc(C)cc1. The van der Waals surface area contributed by atoms with Gasteiger partial charge in [0.1, 0.15) is 6.10 Å². The molecule has 8 nitrogen and oxygen atoms in total. The van der Waals surface area contributed by atoms with Crippen molar-refractivity contribution in [2.75, 3.05) is 13.7 Å². The third-order valence-electron chi connectivity index (χ3n) is 4.98. The second-order valence-electron chi connectivity index (χ2n) is 7.10. The summed E-state index contributed by atoms with van der Waals surface area (Å²) in [5.41, 5.74) is 1.63. The molecule has 0 N–H and O–H groups in total. The van der Waals surface area contributed by atoms with E-state index in [0.29, 0.717) is 0 Å². The summed E-state index contributed by atoms with van der Waals surface area (Å²) < 4.78 is 53.1. The van der Waals surface area contributed by atoms with Crippen LogP contribution in [0.4, 0.5) is 0 Å². The molecular formula is C21H22O8S. The summed E-state index contributed by atoms with van der Waals surface area (Å²) in [6, 6.07) is 15.3. The van der Waals surface area contributed by atoms with Crippen molar-refractivity contribution in [2.24, 2.45) is 0 Å². The number of ketones is 1. The van der Waals surface area contributed by atoms with E-state index in [9.17, 15) is 13.2 Å². The first kappa shape index (κ1) is 21.1. The maximum Gasteiger partial charge on any atom is 0.297 e. The Kier molecular flexibility index (Phi) is 6.01. The molecule has 9 heteroatoms. The van der Waals surface area contributed by atoms with Crippen molar-refractivity contribution in [1.29, 1.82) is 0 Å². The fourth-order valence-corrected chi connectivity index (χ4v) is 4.42. The van der Waals surface area contributed by atoms with Crippen LogP contribution in [0.1, 0.15) is 17.4 Å². The third-order valence-corrected chi connectivity index (χ3v) is 6.29. The minimum atomic E-state index is -4.22. The first-order chi connectivity index (χ1) is 14.4. The topological polar surface area (TPSA) is 97.4 Å². The number of carbonyl (C=O) groups is 1. The molecule has 0 amide bonds. The van der Waals surface area contributed by atoms with Crippen molar-refractivity contribution in [3.05, 3.63) is 65.7 Å². The third kappa shape index (κ3) is 4.18. The van der Waals surface area contributed by atoms with E-state index >= 15 is 0 Å². The quantitative estimate of drug-likeness (QED) is 0.660. The predicted molar refractivity (Wildman–Crippen MR) is 104 cm³/mol. The van der Waals surface area contributed by atoms with Gasteiger partial charge in [-0.05, 0) is 19.1 Å². The molecule has 0 saturated carbocycles. The van der Waals surface area contributed by atoms with E-state index in [-0.39, 0.29) is 11.5 Å². The number of carbonyl (C=O) groups excluding carboxylic acids is 1. The zero-order valence-electron chi connectivity index (χ0n) is 16.5. The molecule has 160 valence electrons. The van der Waals surface area contributed by atoms with E-state index in [0.717, 1.165) is 11.1 Å². The van der Waals surface area contributed by atoms with E-state index in [1.54, 1.807) is 12.1 Å². The Balaban J connectivity index is 1.56. The summed E-state index contributed by atoms with van der Waals surface area (Å²) in [5.74, 6) is -0.571. The van der Waals surface area contributed by atoms with E-state index in [2.05, 4.69) is 0 Å². The number of hydrogen-bond acceptors (Lipinski definition) is 8. The number of hydrogen-bond donors (Lipinski definition) is 0. The van der Waals surface area contributed by atoms with Crippen LogP contribution < -0.4 is 0 Å². The maximum atomic E-state index is 13.1. The lowest BCUT2D eigenvalue weighted by atomic mass is 9.99. The fraction of sp³-hybridized carbons (Fsp3) is 0.381. The lowest BCUT2D eigenvalue weighted by molar-refractivity contribution is -0.311. The van der Waals surface area contributed by atoms with Gasteiger partial charge in [-0.1, -0.05) is 48.0 Å². The molecule has 0 spiro atoms. The van der Waals surface area contributed by atoms with Gasteiger partial charge in [0.15, 0.2) is 30.6 Å². The summed E-state index contributed by atoms with van der Waals surface area (Å²) in [7, 11) is -2.91. The van der Waals surface area contributed by atoms with E-state index in [1.807, 2.05) is 37.3 Å². The molecule has 0 unspecified atom stereocenters. The van der Waals surface area contributed by atoms with E-state index in [1.165, 1.54) is 19.2 Å². The molecule has 2 aromatic rings. The number of rotatable bonds is 5. The van der Waals surface area contributed by atoms with Crippen LogP contribution in [0.2, 0.25) is 0 Å². The second-order valence-corrected chi connectivity index (χ2v) is 8.67. The molecule has 2 heterocycles. The Morgan fingerprint density at radius 1 is 1.00 bits per heavy atom. The smallest absolute Gasteiger partial charge is 0.297 e. The van der Waals surface area contributed by atoms with Gasteiger partial charge in [0.2, 0.25) is 0 Å². The summed E-state index contributed by atoms with van der Waals surface area (Å²) in [6.07, 6.45) is -5.26. The summed E-state index contributed by atoms with van der Waals surface area (Å²) in [4.78, 5) is 13.1. The largest absolute Gasteiger partial charge is 0.353 e. The number of ether oxygens (including phenoxy) is 4. The predicted octanol–water partition coefficient (Wildman–Crippen LogP) is 2.12. The highest BCUT2D eigenvalue weighted by Gasteiger charge is 2.51.